The van der Waals surface area contributed by atoms with Gasteiger partial charge in [0.2, 0.25) is 0 Å². The first-order valence-corrected chi connectivity index (χ1v) is 9.24. The van der Waals surface area contributed by atoms with Gasteiger partial charge in [0.15, 0.2) is 0 Å². The molecular weight excluding hydrogens is 344 g/mol. The van der Waals surface area contributed by atoms with Crippen molar-refractivity contribution in [2.24, 2.45) is 0 Å². The quantitative estimate of drug-likeness (QED) is 0.813. The molecule has 0 radical (unpaired) electrons. The van der Waals surface area contributed by atoms with Crippen LogP contribution in [0.2, 0.25) is 0 Å². The van der Waals surface area contributed by atoms with E-state index in [9.17, 15) is 13.7 Å². The molecule has 0 N–H and O–H groups in total. The second-order valence-electron chi connectivity index (χ2n) is 5.56. The van der Waals surface area contributed by atoms with Gasteiger partial charge in [0, 0.05) is 18.5 Å². The van der Waals surface area contributed by atoms with Crippen molar-refractivity contribution in [3.8, 4) is 6.07 Å². The number of aryl methyl sites for hydroxylation is 1. The zero-order chi connectivity index (χ0) is 17.3. The number of hydrogen-bond donors (Lipinski definition) is 0. The molecule has 1 aliphatic rings. The molecular formula is C18H15ClN2O2S. The molecule has 0 aliphatic carbocycles. The van der Waals surface area contributed by atoms with E-state index in [0.29, 0.717) is 21.9 Å². The number of nitrogens with zero attached hydrogens (tertiary/aromatic N) is 2. The van der Waals surface area contributed by atoms with E-state index in [-0.39, 0.29) is 17.9 Å². The van der Waals surface area contributed by atoms with E-state index in [0.717, 1.165) is 5.56 Å². The number of rotatable bonds is 2. The molecule has 122 valence electrons. The molecule has 0 aromatic heterocycles. The minimum atomic E-state index is -3.73. The summed E-state index contributed by atoms with van der Waals surface area (Å²) in [5.41, 5.74) is 2.43. The topological polar surface area (TPSA) is 61.2 Å². The number of hydrogen-bond acceptors (Lipinski definition) is 3. The number of fused-ring (bicyclic) bond motifs is 1. The van der Waals surface area contributed by atoms with Gasteiger partial charge >= 0.3 is 0 Å². The Balaban J connectivity index is 2.16. The van der Waals surface area contributed by atoms with Gasteiger partial charge in [-0.05, 0) is 25.1 Å². The van der Waals surface area contributed by atoms with E-state index in [4.69, 9.17) is 11.6 Å². The Morgan fingerprint density at radius 1 is 1.12 bits per heavy atom. The SMILES string of the molecule is Cc1ccc(S(=O)(=O)N2CCC(C#N)=C(Cl)c3ccccc32)cc1. The van der Waals surface area contributed by atoms with Crippen LogP contribution in [-0.2, 0) is 10.0 Å². The van der Waals surface area contributed by atoms with E-state index >= 15 is 0 Å². The molecule has 0 spiro atoms. The minimum Gasteiger partial charge on any atom is -0.265 e. The normalized spacial score (nSPS) is 14.8. The number of sulfonamides is 1. The van der Waals surface area contributed by atoms with Crippen LogP contribution in [0, 0.1) is 18.3 Å². The molecule has 2 aromatic rings. The van der Waals surface area contributed by atoms with Crippen LogP contribution in [0.15, 0.2) is 59.0 Å². The van der Waals surface area contributed by atoms with Crippen molar-refractivity contribution >= 4 is 32.3 Å². The van der Waals surface area contributed by atoms with Gasteiger partial charge in [0.05, 0.1) is 27.3 Å². The summed E-state index contributed by atoms with van der Waals surface area (Å²) in [5, 5.41) is 9.60. The molecule has 1 aliphatic heterocycles. The third-order valence-corrected chi connectivity index (χ3v) is 6.24. The minimum absolute atomic E-state index is 0.173. The third kappa shape index (κ3) is 2.79. The fourth-order valence-corrected chi connectivity index (χ4v) is 4.46. The van der Waals surface area contributed by atoms with Crippen molar-refractivity contribution in [1.29, 1.82) is 5.26 Å². The van der Waals surface area contributed by atoms with Crippen molar-refractivity contribution in [2.45, 2.75) is 18.2 Å². The Bertz CT molecular complexity index is 957. The molecule has 1 heterocycles. The van der Waals surface area contributed by atoms with Crippen LogP contribution in [0.1, 0.15) is 17.5 Å². The fourth-order valence-electron chi connectivity index (χ4n) is 2.67. The first-order chi connectivity index (χ1) is 11.4. The van der Waals surface area contributed by atoms with Crippen molar-refractivity contribution in [3.63, 3.8) is 0 Å². The number of benzene rings is 2. The lowest BCUT2D eigenvalue weighted by molar-refractivity contribution is 0.591. The molecule has 0 amide bonds. The van der Waals surface area contributed by atoms with Crippen LogP contribution in [-0.4, -0.2) is 15.0 Å². The molecule has 0 saturated heterocycles. The van der Waals surface area contributed by atoms with Gasteiger partial charge in [0.25, 0.3) is 10.0 Å². The van der Waals surface area contributed by atoms with E-state index in [2.05, 4.69) is 6.07 Å². The first kappa shape index (κ1) is 16.6. The molecule has 4 nitrogen and oxygen atoms in total. The molecule has 24 heavy (non-hydrogen) atoms. The highest BCUT2D eigenvalue weighted by Gasteiger charge is 2.30. The van der Waals surface area contributed by atoms with Gasteiger partial charge in [-0.3, -0.25) is 4.31 Å². The summed E-state index contributed by atoms with van der Waals surface area (Å²) in [4.78, 5) is 0.222. The van der Waals surface area contributed by atoms with Crippen molar-refractivity contribution < 1.29 is 8.42 Å². The van der Waals surface area contributed by atoms with Crippen molar-refractivity contribution in [3.05, 3.63) is 65.2 Å². The zero-order valence-corrected chi connectivity index (χ0v) is 14.6. The molecule has 0 atom stereocenters. The smallest absolute Gasteiger partial charge is 0.264 e. The van der Waals surface area contributed by atoms with E-state index in [1.807, 2.05) is 6.92 Å². The van der Waals surface area contributed by atoms with Crippen LogP contribution in [0.5, 0.6) is 0 Å². The lowest BCUT2D eigenvalue weighted by Crippen LogP contribution is -2.32. The highest BCUT2D eigenvalue weighted by Crippen LogP contribution is 2.38. The number of nitriles is 1. The van der Waals surface area contributed by atoms with Crippen molar-refractivity contribution in [2.75, 3.05) is 10.8 Å². The Labute approximate surface area is 146 Å². The Hall–Kier alpha value is -2.29. The highest BCUT2D eigenvalue weighted by atomic mass is 35.5. The molecule has 0 unspecified atom stereocenters. The van der Waals surface area contributed by atoms with Gasteiger partial charge in [0.1, 0.15) is 0 Å². The fraction of sp³-hybridized carbons (Fsp3) is 0.167. The summed E-state index contributed by atoms with van der Waals surface area (Å²) in [6, 6.07) is 15.8. The highest BCUT2D eigenvalue weighted by molar-refractivity contribution is 7.92. The van der Waals surface area contributed by atoms with E-state index < -0.39 is 10.0 Å². The van der Waals surface area contributed by atoms with Gasteiger partial charge in [-0.25, -0.2) is 8.42 Å². The van der Waals surface area contributed by atoms with Crippen LogP contribution >= 0.6 is 11.6 Å². The number of para-hydroxylation sites is 1. The molecule has 3 rings (SSSR count). The summed E-state index contributed by atoms with van der Waals surface area (Å²) in [7, 11) is -3.73. The second-order valence-corrected chi connectivity index (χ2v) is 7.80. The van der Waals surface area contributed by atoms with E-state index in [1.54, 1.807) is 48.5 Å². The van der Waals surface area contributed by atoms with Crippen LogP contribution < -0.4 is 4.31 Å². The van der Waals surface area contributed by atoms with E-state index in [1.165, 1.54) is 4.31 Å². The summed E-state index contributed by atoms with van der Waals surface area (Å²) < 4.78 is 27.5. The van der Waals surface area contributed by atoms with Gasteiger partial charge < -0.3 is 0 Å². The summed E-state index contributed by atoms with van der Waals surface area (Å²) in [6.45, 7) is 2.08. The van der Waals surface area contributed by atoms with Crippen LogP contribution in [0.4, 0.5) is 5.69 Å². The molecule has 0 saturated carbocycles. The Morgan fingerprint density at radius 3 is 2.46 bits per heavy atom. The number of anilines is 1. The zero-order valence-electron chi connectivity index (χ0n) is 13.0. The summed E-state index contributed by atoms with van der Waals surface area (Å²) >= 11 is 6.34. The standard InChI is InChI=1S/C18H15ClN2O2S/c1-13-6-8-15(9-7-13)24(22,23)21-11-10-14(12-20)18(19)16-4-2-3-5-17(16)21/h2-9H,10-11H2,1H3. The molecule has 2 aromatic carbocycles. The van der Waals surface area contributed by atoms with Gasteiger partial charge in [-0.1, -0.05) is 47.5 Å². The second kappa shape index (κ2) is 6.31. The lowest BCUT2D eigenvalue weighted by Gasteiger charge is -2.24. The lowest BCUT2D eigenvalue weighted by atomic mass is 10.1. The van der Waals surface area contributed by atoms with Gasteiger partial charge in [-0.2, -0.15) is 5.26 Å². The molecule has 0 fully saturated rings. The maximum Gasteiger partial charge on any atom is 0.264 e. The molecule has 0 bridgehead atoms. The third-order valence-electron chi connectivity index (χ3n) is 3.98. The monoisotopic (exact) mass is 358 g/mol. The van der Waals surface area contributed by atoms with Gasteiger partial charge in [-0.15, -0.1) is 0 Å². The maximum absolute atomic E-state index is 13.1. The predicted octanol–water partition coefficient (Wildman–Crippen LogP) is 4.07. The molecule has 6 heteroatoms. The Morgan fingerprint density at radius 2 is 1.79 bits per heavy atom. The van der Waals surface area contributed by atoms with Crippen LogP contribution in [0.25, 0.3) is 5.03 Å². The maximum atomic E-state index is 13.1. The van der Waals surface area contributed by atoms with Crippen molar-refractivity contribution in [1.82, 2.24) is 0 Å². The Kier molecular flexibility index (Phi) is 4.35. The summed E-state index contributed by atoms with van der Waals surface area (Å²) in [6.07, 6.45) is 0.273. The first-order valence-electron chi connectivity index (χ1n) is 7.42. The average molecular weight is 359 g/mol. The predicted molar refractivity (Wildman–Crippen MR) is 95.2 cm³/mol. The summed E-state index contributed by atoms with van der Waals surface area (Å²) in [5.74, 6) is 0. The van der Waals surface area contributed by atoms with Crippen LogP contribution in [0.3, 0.4) is 0 Å². The largest absolute Gasteiger partial charge is 0.265 e. The number of halogens is 1. The average Bonchev–Trinajstić information content (AvgIpc) is 2.72.